The van der Waals surface area contributed by atoms with Crippen molar-refractivity contribution in [3.05, 3.63) is 29.8 Å². The quantitative estimate of drug-likeness (QED) is 0.814. The van der Waals surface area contributed by atoms with Gasteiger partial charge in [-0.25, -0.2) is 14.6 Å². The normalized spacial score (nSPS) is 10.4. The van der Waals surface area contributed by atoms with Gasteiger partial charge in [-0.05, 0) is 12.1 Å². The first-order valence-electron chi connectivity index (χ1n) is 4.58. The van der Waals surface area contributed by atoms with Crippen LogP contribution in [0.2, 0.25) is 0 Å². The molecule has 88 valence electrons. The average molecular weight is 236 g/mol. The van der Waals surface area contributed by atoms with Crippen LogP contribution in [0.5, 0.6) is 5.75 Å². The fourth-order valence-electron chi connectivity index (χ4n) is 1.57. The van der Waals surface area contributed by atoms with Crippen LogP contribution >= 0.6 is 0 Å². The van der Waals surface area contributed by atoms with Gasteiger partial charge >= 0.3 is 11.9 Å². The number of nitrogens with zero attached hydrogens (tertiary/aromatic N) is 2. The monoisotopic (exact) mass is 236 g/mol. The summed E-state index contributed by atoms with van der Waals surface area (Å²) in [6.45, 7) is 0. The van der Waals surface area contributed by atoms with Crippen molar-refractivity contribution in [2.45, 2.75) is 0 Å². The zero-order valence-electron chi connectivity index (χ0n) is 8.75. The van der Waals surface area contributed by atoms with Crippen LogP contribution in [0.15, 0.2) is 18.3 Å². The summed E-state index contributed by atoms with van der Waals surface area (Å²) in [5.74, 6) is -2.72. The van der Waals surface area contributed by atoms with Gasteiger partial charge < -0.3 is 14.9 Å². The molecule has 0 unspecified atom stereocenters. The van der Waals surface area contributed by atoms with Gasteiger partial charge in [0, 0.05) is 6.20 Å². The molecule has 0 fully saturated rings. The lowest BCUT2D eigenvalue weighted by molar-refractivity contribution is 0.0682. The van der Waals surface area contributed by atoms with Crippen LogP contribution in [0.4, 0.5) is 0 Å². The van der Waals surface area contributed by atoms with E-state index in [1.807, 2.05) is 0 Å². The van der Waals surface area contributed by atoms with E-state index in [0.29, 0.717) is 0 Å². The molecule has 0 aliphatic rings. The van der Waals surface area contributed by atoms with Gasteiger partial charge in [0.2, 0.25) is 5.82 Å². The third kappa shape index (κ3) is 1.57. The summed E-state index contributed by atoms with van der Waals surface area (Å²) in [5.41, 5.74) is -0.222. The highest BCUT2D eigenvalue weighted by Gasteiger charge is 2.23. The number of carboxylic acids is 2. The second-order valence-corrected chi connectivity index (χ2v) is 3.19. The van der Waals surface area contributed by atoms with Gasteiger partial charge in [-0.3, -0.25) is 4.40 Å². The van der Waals surface area contributed by atoms with Crippen molar-refractivity contribution < 1.29 is 24.5 Å². The zero-order chi connectivity index (χ0) is 12.6. The number of aromatic carboxylic acids is 2. The maximum Gasteiger partial charge on any atom is 0.372 e. The summed E-state index contributed by atoms with van der Waals surface area (Å²) >= 11 is 0. The molecule has 17 heavy (non-hydrogen) atoms. The van der Waals surface area contributed by atoms with E-state index in [4.69, 9.17) is 14.9 Å². The summed E-state index contributed by atoms with van der Waals surface area (Å²) in [5, 5.41) is 17.9. The van der Waals surface area contributed by atoms with E-state index in [0.717, 1.165) is 0 Å². The zero-order valence-corrected chi connectivity index (χ0v) is 8.75. The Bertz CT molecular complexity index is 616. The van der Waals surface area contributed by atoms with Crippen molar-refractivity contribution in [3.63, 3.8) is 0 Å². The number of aromatic nitrogens is 2. The molecule has 0 saturated heterocycles. The minimum absolute atomic E-state index is 0.125. The van der Waals surface area contributed by atoms with Crippen molar-refractivity contribution in [1.82, 2.24) is 9.38 Å². The van der Waals surface area contributed by atoms with Gasteiger partial charge in [-0.15, -0.1) is 0 Å². The second-order valence-electron chi connectivity index (χ2n) is 3.19. The van der Waals surface area contributed by atoms with Crippen molar-refractivity contribution in [3.8, 4) is 5.75 Å². The summed E-state index contributed by atoms with van der Waals surface area (Å²) in [7, 11) is 1.37. The highest BCUT2D eigenvalue weighted by Crippen LogP contribution is 2.24. The molecule has 7 heteroatoms. The van der Waals surface area contributed by atoms with Crippen molar-refractivity contribution in [1.29, 1.82) is 0 Å². The SMILES string of the molecule is COc1cccn2c(C(=O)O)nc(C(=O)O)c12. The molecule has 0 saturated carbocycles. The molecule has 0 aromatic carbocycles. The number of imidazole rings is 1. The number of rotatable bonds is 3. The van der Waals surface area contributed by atoms with E-state index in [1.165, 1.54) is 23.8 Å². The van der Waals surface area contributed by atoms with Gasteiger partial charge in [-0.1, -0.05) is 0 Å². The molecule has 7 nitrogen and oxygen atoms in total. The fraction of sp³-hybridized carbons (Fsp3) is 0.100. The molecular weight excluding hydrogens is 228 g/mol. The molecule has 0 aliphatic heterocycles. The first-order valence-corrected chi connectivity index (χ1v) is 4.58. The average Bonchev–Trinajstić information content (AvgIpc) is 2.68. The number of hydrogen-bond acceptors (Lipinski definition) is 4. The smallest absolute Gasteiger partial charge is 0.372 e. The molecule has 0 radical (unpaired) electrons. The number of carboxylic acid groups (broad SMARTS) is 2. The first kappa shape index (κ1) is 10.9. The molecule has 2 aromatic rings. The summed E-state index contributed by atoms with van der Waals surface area (Å²) in [4.78, 5) is 25.5. The molecule has 2 N–H and O–H groups in total. The standard InChI is InChI=1S/C10H8N2O5/c1-17-5-3-2-4-12-7(5)6(9(13)14)11-8(12)10(15)16/h2-4H,1H3,(H,13,14)(H,15,16). The van der Waals surface area contributed by atoms with Crippen molar-refractivity contribution >= 4 is 17.5 Å². The van der Waals surface area contributed by atoms with Gasteiger partial charge in [-0.2, -0.15) is 0 Å². The molecule has 0 amide bonds. The maximum absolute atomic E-state index is 11.0. The van der Waals surface area contributed by atoms with E-state index in [-0.39, 0.29) is 22.8 Å². The van der Waals surface area contributed by atoms with Crippen LogP contribution in [0.1, 0.15) is 21.1 Å². The molecular formula is C10H8N2O5. The lowest BCUT2D eigenvalue weighted by Crippen LogP contribution is -2.03. The summed E-state index contributed by atoms with van der Waals surface area (Å²) in [6, 6.07) is 3.08. The Labute approximate surface area is 94.9 Å². The van der Waals surface area contributed by atoms with Gasteiger partial charge in [0.05, 0.1) is 7.11 Å². The number of hydrogen-bond donors (Lipinski definition) is 2. The van der Waals surface area contributed by atoms with Gasteiger partial charge in [0.25, 0.3) is 0 Å². The highest BCUT2D eigenvalue weighted by molar-refractivity contribution is 5.98. The molecule has 0 bridgehead atoms. The lowest BCUT2D eigenvalue weighted by Gasteiger charge is -2.03. The highest BCUT2D eigenvalue weighted by atomic mass is 16.5. The Morgan fingerprint density at radius 1 is 1.35 bits per heavy atom. The second kappa shape index (κ2) is 3.78. The van der Waals surface area contributed by atoms with E-state index in [9.17, 15) is 9.59 Å². The third-order valence-electron chi connectivity index (χ3n) is 2.24. The van der Waals surface area contributed by atoms with E-state index < -0.39 is 11.9 Å². The number of methoxy groups -OCH3 is 1. The third-order valence-corrected chi connectivity index (χ3v) is 2.24. The lowest BCUT2D eigenvalue weighted by atomic mass is 10.3. The molecule has 0 atom stereocenters. The van der Waals surface area contributed by atoms with Gasteiger partial charge in [0.15, 0.2) is 5.69 Å². The van der Waals surface area contributed by atoms with Crippen LogP contribution in [0.3, 0.4) is 0 Å². The minimum atomic E-state index is -1.31. The number of carbonyl (C=O) groups is 2. The summed E-state index contributed by atoms with van der Waals surface area (Å²) < 4.78 is 6.17. The predicted octanol–water partition coefficient (Wildman–Crippen LogP) is 0.739. The summed E-state index contributed by atoms with van der Waals surface area (Å²) in [6.07, 6.45) is 1.42. The van der Waals surface area contributed by atoms with Gasteiger partial charge in [0.1, 0.15) is 11.3 Å². The molecule has 2 heterocycles. The Morgan fingerprint density at radius 2 is 2.06 bits per heavy atom. The van der Waals surface area contributed by atoms with Crippen LogP contribution in [0.25, 0.3) is 5.52 Å². The van der Waals surface area contributed by atoms with E-state index in [2.05, 4.69) is 4.98 Å². The maximum atomic E-state index is 11.0. The minimum Gasteiger partial charge on any atom is -0.494 e. The van der Waals surface area contributed by atoms with E-state index in [1.54, 1.807) is 6.07 Å². The Balaban J connectivity index is 2.90. The largest absolute Gasteiger partial charge is 0.494 e. The van der Waals surface area contributed by atoms with Crippen molar-refractivity contribution in [2.24, 2.45) is 0 Å². The van der Waals surface area contributed by atoms with E-state index >= 15 is 0 Å². The van der Waals surface area contributed by atoms with Crippen LogP contribution in [-0.4, -0.2) is 38.6 Å². The molecule has 2 rings (SSSR count). The molecule has 0 spiro atoms. The van der Waals surface area contributed by atoms with Crippen LogP contribution < -0.4 is 4.74 Å². The van der Waals surface area contributed by atoms with Crippen LogP contribution in [0, 0.1) is 0 Å². The van der Waals surface area contributed by atoms with Crippen LogP contribution in [-0.2, 0) is 0 Å². The fourth-order valence-corrected chi connectivity index (χ4v) is 1.57. The Kier molecular flexibility index (Phi) is 2.43. The topological polar surface area (TPSA) is 101 Å². The predicted molar refractivity (Wildman–Crippen MR) is 55.7 cm³/mol. The Morgan fingerprint density at radius 3 is 2.59 bits per heavy atom. The number of pyridine rings is 1. The number of ether oxygens (including phenoxy) is 1. The first-order chi connectivity index (χ1) is 8.06. The Hall–Kier alpha value is -2.57. The van der Waals surface area contributed by atoms with Crippen molar-refractivity contribution in [2.75, 3.05) is 7.11 Å². The number of fused-ring (bicyclic) bond motifs is 1. The molecule has 0 aliphatic carbocycles. The molecule has 2 aromatic heterocycles.